The number of aromatic nitrogens is 1. The second kappa shape index (κ2) is 7.42. The van der Waals surface area contributed by atoms with Crippen LogP contribution in [0.4, 0.5) is 0 Å². The first-order valence-electron chi connectivity index (χ1n) is 9.50. The molecule has 0 unspecified atom stereocenters. The highest BCUT2D eigenvalue weighted by molar-refractivity contribution is 7.18. The largest absolute Gasteiger partial charge is 0.338 e. The third-order valence-electron chi connectivity index (χ3n) is 5.87. The Morgan fingerprint density at radius 1 is 1.24 bits per heavy atom. The normalized spacial score (nSPS) is 24.2. The summed E-state index contributed by atoms with van der Waals surface area (Å²) in [5.41, 5.74) is 1.03. The molecule has 0 spiro atoms. The summed E-state index contributed by atoms with van der Waals surface area (Å²) in [6, 6.07) is 8.17. The average Bonchev–Trinajstić information content (AvgIpc) is 3.03. The second-order valence-electron chi connectivity index (χ2n) is 7.65. The summed E-state index contributed by atoms with van der Waals surface area (Å²) in [7, 11) is 1.90. The van der Waals surface area contributed by atoms with Crippen LogP contribution in [-0.4, -0.2) is 47.4 Å². The molecule has 2 atom stereocenters. The fourth-order valence-electron chi connectivity index (χ4n) is 4.41. The highest BCUT2D eigenvalue weighted by Gasteiger charge is 2.31. The van der Waals surface area contributed by atoms with Crippen molar-refractivity contribution in [2.45, 2.75) is 38.6 Å². The van der Waals surface area contributed by atoms with E-state index in [4.69, 9.17) is 0 Å². The number of fused-ring (bicyclic) bond motifs is 2. The van der Waals surface area contributed by atoms with Gasteiger partial charge in [-0.05, 0) is 43.4 Å². The van der Waals surface area contributed by atoms with Gasteiger partial charge in [0.15, 0.2) is 0 Å². The lowest BCUT2D eigenvalue weighted by Gasteiger charge is -2.41. The molecule has 1 saturated heterocycles. The van der Waals surface area contributed by atoms with Crippen LogP contribution in [0.3, 0.4) is 0 Å². The Kier molecular flexibility index (Phi) is 5.04. The van der Waals surface area contributed by atoms with E-state index in [-0.39, 0.29) is 5.91 Å². The summed E-state index contributed by atoms with van der Waals surface area (Å²) >= 11 is 1.69. The number of amides is 1. The number of thiazole rings is 1. The van der Waals surface area contributed by atoms with Crippen molar-refractivity contribution in [3.05, 3.63) is 29.3 Å². The fraction of sp³-hybridized carbons (Fsp3) is 0.600. The molecular formula is C20H27N3OS. The topological polar surface area (TPSA) is 36.4 Å². The van der Waals surface area contributed by atoms with Crippen LogP contribution in [0.5, 0.6) is 0 Å². The molecule has 5 heteroatoms. The molecule has 4 nitrogen and oxygen atoms in total. The minimum Gasteiger partial charge on any atom is -0.338 e. The molecule has 2 fully saturated rings. The molecule has 0 N–H and O–H groups in total. The number of hydrogen-bond donors (Lipinski definition) is 0. The van der Waals surface area contributed by atoms with Gasteiger partial charge in [0.05, 0.1) is 23.3 Å². The number of carbonyl (C=O) groups excluding carboxylic acids is 1. The van der Waals surface area contributed by atoms with Gasteiger partial charge in [-0.3, -0.25) is 9.69 Å². The Morgan fingerprint density at radius 2 is 2.04 bits per heavy atom. The van der Waals surface area contributed by atoms with Crippen molar-refractivity contribution in [3.63, 3.8) is 0 Å². The SMILES string of the molecule is CN(Cc1nc2ccccc2s1)C(=O)CN1CC[C@@H]2CCCC[C@@H]2C1. The van der Waals surface area contributed by atoms with E-state index in [1.807, 2.05) is 30.1 Å². The number of rotatable bonds is 4. The van der Waals surface area contributed by atoms with E-state index in [2.05, 4.69) is 16.0 Å². The van der Waals surface area contributed by atoms with Gasteiger partial charge in [0.2, 0.25) is 5.91 Å². The molecule has 0 radical (unpaired) electrons. The number of likely N-dealkylation sites (tertiary alicyclic amines) is 1. The Hall–Kier alpha value is -1.46. The molecule has 2 aromatic rings. The van der Waals surface area contributed by atoms with Crippen molar-refractivity contribution < 1.29 is 4.79 Å². The van der Waals surface area contributed by atoms with Crippen molar-refractivity contribution in [1.82, 2.24) is 14.8 Å². The van der Waals surface area contributed by atoms with Crippen LogP contribution in [0, 0.1) is 11.8 Å². The minimum atomic E-state index is 0.216. The molecule has 1 aliphatic carbocycles. The van der Waals surface area contributed by atoms with Gasteiger partial charge in [-0.25, -0.2) is 4.98 Å². The van der Waals surface area contributed by atoms with E-state index in [0.29, 0.717) is 13.1 Å². The predicted molar refractivity (Wildman–Crippen MR) is 103 cm³/mol. The lowest BCUT2D eigenvalue weighted by atomic mass is 9.75. The number of nitrogens with zero attached hydrogens (tertiary/aromatic N) is 3. The van der Waals surface area contributed by atoms with Gasteiger partial charge in [-0.2, -0.15) is 0 Å². The summed E-state index contributed by atoms with van der Waals surface area (Å²) in [5, 5.41) is 1.02. The zero-order chi connectivity index (χ0) is 17.2. The molecule has 2 heterocycles. The maximum atomic E-state index is 12.7. The fourth-order valence-corrected chi connectivity index (χ4v) is 5.43. The van der Waals surface area contributed by atoms with Crippen molar-refractivity contribution in [2.24, 2.45) is 11.8 Å². The highest BCUT2D eigenvalue weighted by Crippen LogP contribution is 2.35. The molecule has 1 aliphatic heterocycles. The molecule has 0 bridgehead atoms. The van der Waals surface area contributed by atoms with Gasteiger partial charge in [-0.15, -0.1) is 11.3 Å². The van der Waals surface area contributed by atoms with Crippen molar-refractivity contribution in [1.29, 1.82) is 0 Å². The zero-order valence-corrected chi connectivity index (χ0v) is 15.8. The molecular weight excluding hydrogens is 330 g/mol. The Labute approximate surface area is 153 Å². The van der Waals surface area contributed by atoms with Gasteiger partial charge in [-0.1, -0.05) is 31.4 Å². The van der Waals surface area contributed by atoms with Crippen molar-refractivity contribution >= 4 is 27.5 Å². The maximum Gasteiger partial charge on any atom is 0.236 e. The van der Waals surface area contributed by atoms with Crippen LogP contribution in [0.25, 0.3) is 10.2 Å². The number of para-hydroxylation sites is 1. The van der Waals surface area contributed by atoms with Crippen molar-refractivity contribution in [2.75, 3.05) is 26.7 Å². The Morgan fingerprint density at radius 3 is 2.88 bits per heavy atom. The Balaban J connectivity index is 1.32. The number of carbonyl (C=O) groups is 1. The quantitative estimate of drug-likeness (QED) is 0.836. The molecule has 4 rings (SSSR count). The van der Waals surface area contributed by atoms with E-state index in [0.717, 1.165) is 35.4 Å². The van der Waals surface area contributed by atoms with Gasteiger partial charge in [0.25, 0.3) is 0 Å². The van der Waals surface area contributed by atoms with Gasteiger partial charge < -0.3 is 4.90 Å². The third-order valence-corrected chi connectivity index (χ3v) is 6.89. The highest BCUT2D eigenvalue weighted by atomic mass is 32.1. The molecule has 134 valence electrons. The van der Waals surface area contributed by atoms with Crippen LogP contribution in [0.1, 0.15) is 37.1 Å². The summed E-state index contributed by atoms with van der Waals surface area (Å²) in [5.74, 6) is 1.96. The summed E-state index contributed by atoms with van der Waals surface area (Å²) in [6.45, 7) is 3.37. The van der Waals surface area contributed by atoms with E-state index in [9.17, 15) is 4.79 Å². The standard InChI is InChI=1S/C20H27N3OS/c1-22(13-19-21-17-8-4-5-9-18(17)25-19)20(24)14-23-11-10-15-6-2-3-7-16(15)12-23/h4-5,8-9,15-16H,2-3,6-7,10-14H2,1H3/t15-,16+/m0/s1. The molecule has 1 aromatic heterocycles. The van der Waals surface area contributed by atoms with E-state index >= 15 is 0 Å². The molecule has 1 amide bonds. The molecule has 2 aliphatic rings. The summed E-state index contributed by atoms with van der Waals surface area (Å²) < 4.78 is 1.19. The first-order chi connectivity index (χ1) is 12.2. The van der Waals surface area contributed by atoms with E-state index < -0.39 is 0 Å². The van der Waals surface area contributed by atoms with Gasteiger partial charge in [0, 0.05) is 13.6 Å². The smallest absolute Gasteiger partial charge is 0.236 e. The molecule has 1 saturated carbocycles. The average molecular weight is 358 g/mol. The molecule has 25 heavy (non-hydrogen) atoms. The number of piperidine rings is 1. The minimum absolute atomic E-state index is 0.216. The first-order valence-corrected chi connectivity index (χ1v) is 10.3. The lowest BCUT2D eigenvalue weighted by Crippen LogP contribution is -2.46. The van der Waals surface area contributed by atoms with Crippen LogP contribution in [-0.2, 0) is 11.3 Å². The number of likely N-dealkylation sites (N-methyl/N-ethyl adjacent to an activating group) is 1. The zero-order valence-electron chi connectivity index (χ0n) is 15.0. The number of benzene rings is 1. The van der Waals surface area contributed by atoms with Crippen LogP contribution < -0.4 is 0 Å². The van der Waals surface area contributed by atoms with Crippen LogP contribution in [0.15, 0.2) is 24.3 Å². The second-order valence-corrected chi connectivity index (χ2v) is 8.77. The van der Waals surface area contributed by atoms with Crippen LogP contribution in [0.2, 0.25) is 0 Å². The number of hydrogen-bond acceptors (Lipinski definition) is 4. The monoisotopic (exact) mass is 357 g/mol. The van der Waals surface area contributed by atoms with Crippen molar-refractivity contribution in [3.8, 4) is 0 Å². The predicted octanol–water partition coefficient (Wildman–Crippen LogP) is 3.77. The molecule has 1 aromatic carbocycles. The van der Waals surface area contributed by atoms with E-state index in [1.54, 1.807) is 11.3 Å². The Bertz CT molecular complexity index is 710. The first kappa shape index (κ1) is 17.0. The lowest BCUT2D eigenvalue weighted by molar-refractivity contribution is -0.132. The van der Waals surface area contributed by atoms with Gasteiger partial charge >= 0.3 is 0 Å². The maximum absolute atomic E-state index is 12.7. The third kappa shape index (κ3) is 3.87. The summed E-state index contributed by atoms with van der Waals surface area (Å²) in [6.07, 6.45) is 6.83. The van der Waals surface area contributed by atoms with E-state index in [1.165, 1.54) is 36.8 Å². The van der Waals surface area contributed by atoms with Crippen LogP contribution >= 0.6 is 11.3 Å². The summed E-state index contributed by atoms with van der Waals surface area (Å²) in [4.78, 5) is 21.5. The van der Waals surface area contributed by atoms with Gasteiger partial charge in [0.1, 0.15) is 5.01 Å².